The first-order chi connectivity index (χ1) is 44.6. The predicted molar refractivity (Wildman–Crippen MR) is 344 cm³/mol. The molecule has 4 N–H and O–H groups in total. The number of aliphatic carboxylic acids is 1. The maximum Gasteiger partial charge on any atom is 0.352 e. The minimum atomic E-state index is -1.26. The van der Waals surface area contributed by atoms with Crippen molar-refractivity contribution in [2.45, 2.75) is 47.7 Å². The molecule has 2 aliphatic heterocycles. The first-order valence-electron chi connectivity index (χ1n) is 28.9. The monoisotopic (exact) mass is 1270 g/mol. The number of aliphatic hydroxyl groups excluding tert-OH is 1. The number of β-lactam (4-membered cyclic amide) rings is 1. The topological polar surface area (TPSA) is 238 Å². The van der Waals surface area contributed by atoms with Gasteiger partial charge in [-0.05, 0) is 51.1 Å². The molecule has 0 bridgehead atoms. The minimum absolute atomic E-state index is 0.00922. The molecule has 2 amide bonds. The highest BCUT2D eigenvalue weighted by atomic mass is 32.2. The number of carboxylic acids is 1. The van der Waals surface area contributed by atoms with Crippen LogP contribution in [-0.4, -0.2) is 85.4 Å². The van der Waals surface area contributed by atoms with Crippen LogP contribution in [0.5, 0.6) is 17.2 Å². The zero-order valence-corrected chi connectivity index (χ0v) is 51.3. The molecule has 2 aliphatic rings. The molecule has 22 heteroatoms. The standard InChI is InChI=1S/C69H58N8O11S3/c1-84-52-29-27-45(28-30-52)40-85-59-39-76(83)57(38-58(59)87-63(46-17-7-2-8-18-46)47-19-9-3-10-20-47)55-37-53(88-73-55)41-86-74-60(56-44-91-68(70-56)72-69(49-21-11-4-12-22-49,50-23-13-5-14-24-50)51-25-15-6-16-26-51)64(79)71-61-65(80)77-62(67(81)82)48(43-90-66(61)77)42-89-54-31-33-75(34-32-54)35-36-78/h2-34,37-39,44,61,63,66,78H,35-36,40-43H2,1H3,(H2-,70,71,72,79,81,82)/p+1/b74-60-/t61-,66-/m1/s1. The summed E-state index contributed by atoms with van der Waals surface area (Å²) in [6.07, 6.45) is 4.32. The van der Waals surface area contributed by atoms with Crippen molar-refractivity contribution in [3.05, 3.63) is 285 Å². The number of oxime groups is 1. The number of aliphatic hydroxyl groups is 1. The van der Waals surface area contributed by atoms with Crippen LogP contribution in [0.15, 0.2) is 250 Å². The number of anilines is 1. The van der Waals surface area contributed by atoms with Gasteiger partial charge in [-0.3, -0.25) is 14.5 Å². The Hall–Kier alpha value is -10.3. The van der Waals surface area contributed by atoms with Gasteiger partial charge in [-0.15, -0.1) is 34.9 Å². The summed E-state index contributed by atoms with van der Waals surface area (Å²) in [4.78, 5) is 55.0. The number of nitrogens with one attached hydrogen (secondary N) is 2. The van der Waals surface area contributed by atoms with Gasteiger partial charge in [0.2, 0.25) is 17.6 Å². The summed E-state index contributed by atoms with van der Waals surface area (Å²) in [6.45, 7) is 0.143. The predicted octanol–water partition coefficient (Wildman–Crippen LogP) is 10.3. The van der Waals surface area contributed by atoms with E-state index in [9.17, 15) is 29.8 Å². The van der Waals surface area contributed by atoms with Crippen molar-refractivity contribution >= 4 is 63.5 Å². The van der Waals surface area contributed by atoms with Gasteiger partial charge in [0.1, 0.15) is 53.4 Å². The Kier molecular flexibility index (Phi) is 18.8. The number of methoxy groups -OCH3 is 1. The summed E-state index contributed by atoms with van der Waals surface area (Å²) in [5.74, 6) is -0.895. The average molecular weight is 1270 g/mol. The number of hydrogen-bond acceptors (Lipinski definition) is 17. The quantitative estimate of drug-likeness (QED) is 0.00750. The number of carboxylic acid groups (broad SMARTS) is 1. The highest BCUT2D eigenvalue weighted by Gasteiger charge is 2.54. The molecular weight excluding hydrogens is 1210 g/mol. The molecule has 0 saturated carbocycles. The van der Waals surface area contributed by atoms with E-state index in [1.165, 1.54) is 58.1 Å². The van der Waals surface area contributed by atoms with Crippen molar-refractivity contribution in [1.82, 2.24) is 20.4 Å². The van der Waals surface area contributed by atoms with Crippen molar-refractivity contribution in [3.63, 3.8) is 0 Å². The first-order valence-corrected chi connectivity index (χ1v) is 31.8. The molecule has 19 nitrogen and oxygen atoms in total. The Morgan fingerprint density at radius 2 is 1.44 bits per heavy atom. The van der Waals surface area contributed by atoms with E-state index < -0.39 is 40.8 Å². The van der Waals surface area contributed by atoms with Crippen molar-refractivity contribution in [2.24, 2.45) is 5.16 Å². The van der Waals surface area contributed by atoms with Crippen LogP contribution in [0.4, 0.5) is 5.13 Å². The van der Waals surface area contributed by atoms with Gasteiger partial charge in [0.15, 0.2) is 53.6 Å². The fourth-order valence-corrected chi connectivity index (χ4v) is 13.8. The highest BCUT2D eigenvalue weighted by Crippen LogP contribution is 2.44. The molecule has 6 heterocycles. The molecule has 10 aromatic rings. The normalized spacial score (nSPS) is 14.7. The number of carbonyl (C=O) groups excluding carboxylic acids is 2. The van der Waals surface area contributed by atoms with Gasteiger partial charge >= 0.3 is 5.97 Å². The maximum atomic E-state index is 14.9. The third-order valence-corrected chi connectivity index (χ3v) is 18.4. The molecule has 1 saturated heterocycles. The smallest absolute Gasteiger partial charge is 0.352 e. The number of carbonyl (C=O) groups is 3. The number of hydrogen-bond donors (Lipinski definition) is 4. The highest BCUT2D eigenvalue weighted by molar-refractivity contribution is 8.01. The number of thiazole rings is 1. The average Bonchev–Trinajstić information content (AvgIpc) is 1.04. The van der Waals surface area contributed by atoms with E-state index in [2.05, 4.69) is 20.9 Å². The van der Waals surface area contributed by atoms with Gasteiger partial charge < -0.3 is 49.6 Å². The first kappa shape index (κ1) is 61.0. The SMILES string of the molecule is COc1ccc(COc2c[n+]([O-])c(-c3cc(CO/N=C(\C(=O)N[C@@H]4C(=O)N5C(C(=O)O)=C(CSc6cc[n+](CCO)cc6)CS[C@H]45)c4csc(NC(c5ccccc5)(c5ccccc5)c5ccccc5)n4)on3)cc2OC(c2ccccc2)c2ccccc2)cc1. The van der Waals surface area contributed by atoms with E-state index in [4.69, 9.17) is 28.6 Å². The van der Waals surface area contributed by atoms with Gasteiger partial charge in [-0.1, -0.05) is 174 Å². The Balaban J connectivity index is 0.841. The number of aromatic nitrogens is 4. The molecule has 0 radical (unpaired) electrons. The number of thioether (sulfide) groups is 2. The fourth-order valence-electron chi connectivity index (χ4n) is 10.7. The molecule has 2 atom stereocenters. The Morgan fingerprint density at radius 3 is 2.03 bits per heavy atom. The second-order valence-corrected chi connectivity index (χ2v) is 24.0. The third-order valence-electron chi connectivity index (χ3n) is 15.2. The third kappa shape index (κ3) is 13.5. The van der Waals surface area contributed by atoms with Crippen molar-refractivity contribution in [2.75, 3.05) is 30.5 Å². The van der Waals surface area contributed by atoms with E-state index >= 15 is 0 Å². The van der Waals surface area contributed by atoms with E-state index in [1.54, 1.807) is 12.5 Å². The molecular formula is C69H59N8O11S3+. The lowest BCUT2D eigenvalue weighted by Gasteiger charge is -2.49. The number of fused-ring (bicyclic) bond motifs is 1. The van der Waals surface area contributed by atoms with Gasteiger partial charge in [-0.25, -0.2) is 14.3 Å². The van der Waals surface area contributed by atoms with Gasteiger partial charge in [0.25, 0.3) is 11.8 Å². The zero-order chi connectivity index (χ0) is 62.7. The summed E-state index contributed by atoms with van der Waals surface area (Å²) >= 11 is 3.99. The zero-order valence-electron chi connectivity index (χ0n) is 48.8. The summed E-state index contributed by atoms with van der Waals surface area (Å²) in [5.41, 5.74) is 4.68. The number of rotatable bonds is 26. The van der Waals surface area contributed by atoms with Crippen LogP contribution in [0.25, 0.3) is 11.4 Å². The van der Waals surface area contributed by atoms with Crippen LogP contribution in [-0.2, 0) is 44.5 Å². The Bertz CT molecular complexity index is 4090. The number of amides is 2. The molecule has 0 unspecified atom stereocenters. The van der Waals surface area contributed by atoms with E-state index in [0.29, 0.717) is 33.5 Å². The van der Waals surface area contributed by atoms with Crippen LogP contribution in [0.1, 0.15) is 50.9 Å². The lowest BCUT2D eigenvalue weighted by molar-refractivity contribution is -0.698. The second-order valence-electron chi connectivity index (χ2n) is 21.0. The lowest BCUT2D eigenvalue weighted by atomic mass is 9.77. The molecule has 4 aromatic heterocycles. The van der Waals surface area contributed by atoms with Crippen LogP contribution >= 0.6 is 34.9 Å². The minimum Gasteiger partial charge on any atom is -0.618 e. The van der Waals surface area contributed by atoms with Crippen LogP contribution < -0.4 is 34.1 Å². The number of benzene rings is 6. The summed E-state index contributed by atoms with van der Waals surface area (Å²) < 4.78 is 26.7. The molecule has 0 aliphatic carbocycles. The van der Waals surface area contributed by atoms with Crippen molar-refractivity contribution in [3.8, 4) is 28.6 Å². The van der Waals surface area contributed by atoms with E-state index in [-0.39, 0.29) is 71.3 Å². The van der Waals surface area contributed by atoms with Gasteiger partial charge in [0, 0.05) is 40.0 Å². The molecule has 91 heavy (non-hydrogen) atoms. The van der Waals surface area contributed by atoms with E-state index in [0.717, 1.165) is 38.3 Å². The number of nitrogens with zero attached hydrogens (tertiary/aromatic N) is 6. The second kappa shape index (κ2) is 28.1. The largest absolute Gasteiger partial charge is 0.618 e. The van der Waals surface area contributed by atoms with Crippen LogP contribution in [0, 0.1) is 5.21 Å². The molecule has 0 spiro atoms. The van der Waals surface area contributed by atoms with Gasteiger partial charge in [0.05, 0.1) is 13.2 Å². The number of pyridine rings is 2. The molecule has 1 fully saturated rings. The summed E-state index contributed by atoms with van der Waals surface area (Å²) in [7, 11) is 1.59. The van der Waals surface area contributed by atoms with Gasteiger partial charge in [-0.2, -0.15) is 4.73 Å². The van der Waals surface area contributed by atoms with Crippen molar-refractivity contribution < 1.29 is 57.5 Å². The summed E-state index contributed by atoms with van der Waals surface area (Å²) in [6, 6.07) is 62.2. The Labute approximate surface area is 535 Å². The van der Waals surface area contributed by atoms with Crippen LogP contribution in [0.3, 0.4) is 0 Å². The molecule has 458 valence electrons. The van der Waals surface area contributed by atoms with Crippen LogP contribution in [0.2, 0.25) is 0 Å². The Morgan fingerprint density at radius 1 is 0.824 bits per heavy atom. The molecule has 12 rings (SSSR count). The van der Waals surface area contributed by atoms with E-state index in [1.807, 2.05) is 205 Å². The fraction of sp³-hybridized carbons (Fsp3) is 0.159. The molecule has 6 aromatic carbocycles. The van der Waals surface area contributed by atoms with Crippen molar-refractivity contribution in [1.29, 1.82) is 0 Å². The summed E-state index contributed by atoms with van der Waals surface area (Å²) in [5, 5.41) is 50.5. The maximum absolute atomic E-state index is 14.9. The lowest BCUT2D eigenvalue weighted by Crippen LogP contribution is -2.71. The number of ether oxygens (including phenoxy) is 3.